The summed E-state index contributed by atoms with van der Waals surface area (Å²) in [4.78, 5) is 2.38. The van der Waals surface area contributed by atoms with Gasteiger partial charge in [0, 0.05) is 25.2 Å². The maximum Gasteiger partial charge on any atom is 0.0681 e. The van der Waals surface area contributed by atoms with Gasteiger partial charge in [0.1, 0.15) is 0 Å². The first-order chi connectivity index (χ1) is 10.2. The van der Waals surface area contributed by atoms with Gasteiger partial charge in [0.05, 0.1) is 18.0 Å². The van der Waals surface area contributed by atoms with E-state index in [-0.39, 0.29) is 6.61 Å². The minimum Gasteiger partial charge on any atom is -0.395 e. The van der Waals surface area contributed by atoms with Crippen LogP contribution in [0.25, 0.3) is 11.3 Å². The minimum atomic E-state index is 0.264. The summed E-state index contributed by atoms with van der Waals surface area (Å²) in [6.07, 6.45) is 2.29. The van der Waals surface area contributed by atoms with E-state index >= 15 is 0 Å². The molecule has 2 aromatic rings. The molecule has 0 bridgehead atoms. The number of rotatable bonds is 4. The van der Waals surface area contributed by atoms with Crippen molar-refractivity contribution in [1.82, 2.24) is 14.7 Å². The Morgan fingerprint density at radius 1 is 1.33 bits per heavy atom. The molecule has 1 aromatic heterocycles. The first-order valence-electron chi connectivity index (χ1n) is 7.62. The number of likely N-dealkylation sites (tertiary alicyclic amines) is 1. The van der Waals surface area contributed by atoms with E-state index in [9.17, 15) is 5.11 Å². The van der Waals surface area contributed by atoms with Gasteiger partial charge in [-0.1, -0.05) is 18.2 Å². The molecule has 4 nitrogen and oxygen atoms in total. The topological polar surface area (TPSA) is 41.3 Å². The van der Waals surface area contributed by atoms with Gasteiger partial charge in [0.2, 0.25) is 0 Å². The summed E-state index contributed by atoms with van der Waals surface area (Å²) in [5.41, 5.74) is 4.69. The van der Waals surface area contributed by atoms with Gasteiger partial charge in [-0.25, -0.2) is 0 Å². The third-order valence-electron chi connectivity index (χ3n) is 4.32. The normalized spacial score (nSPS) is 19.3. The van der Waals surface area contributed by atoms with E-state index in [1.165, 1.54) is 17.5 Å². The Hall–Kier alpha value is -1.65. The average Bonchev–Trinajstić information content (AvgIpc) is 3.05. The lowest BCUT2D eigenvalue weighted by atomic mass is 10.1. The number of hydrogen-bond donors (Lipinski definition) is 1. The molecule has 0 unspecified atom stereocenters. The Morgan fingerprint density at radius 2 is 2.19 bits per heavy atom. The second-order valence-corrected chi connectivity index (χ2v) is 5.94. The zero-order valence-corrected chi connectivity index (χ0v) is 12.8. The van der Waals surface area contributed by atoms with Crippen LogP contribution in [-0.2, 0) is 13.6 Å². The average molecular weight is 285 g/mol. The molecule has 112 valence electrons. The van der Waals surface area contributed by atoms with Gasteiger partial charge < -0.3 is 5.11 Å². The third kappa shape index (κ3) is 3.01. The van der Waals surface area contributed by atoms with Crippen LogP contribution in [0.1, 0.15) is 24.1 Å². The predicted octanol–water partition coefficient (Wildman–Crippen LogP) is 2.35. The van der Waals surface area contributed by atoms with E-state index in [0.717, 1.165) is 30.9 Å². The molecule has 1 N–H and O–H groups in total. The fraction of sp³-hybridized carbons (Fsp3) is 0.471. The number of aromatic nitrogens is 2. The lowest BCUT2D eigenvalue weighted by Crippen LogP contribution is -2.31. The molecule has 1 aliphatic heterocycles. The summed E-state index contributed by atoms with van der Waals surface area (Å²) >= 11 is 0. The van der Waals surface area contributed by atoms with E-state index in [1.807, 2.05) is 18.7 Å². The number of hydrogen-bond acceptors (Lipinski definition) is 3. The van der Waals surface area contributed by atoms with Crippen molar-refractivity contribution < 1.29 is 5.11 Å². The Balaban J connectivity index is 1.82. The number of benzene rings is 1. The predicted molar refractivity (Wildman–Crippen MR) is 83.9 cm³/mol. The van der Waals surface area contributed by atoms with Crippen LogP contribution >= 0.6 is 0 Å². The van der Waals surface area contributed by atoms with Gasteiger partial charge in [0.25, 0.3) is 0 Å². The molecular formula is C17H23N3O. The number of aryl methyl sites for hydroxylation is 2. The van der Waals surface area contributed by atoms with Gasteiger partial charge >= 0.3 is 0 Å². The van der Waals surface area contributed by atoms with E-state index in [0.29, 0.717) is 6.04 Å². The second-order valence-electron chi connectivity index (χ2n) is 5.94. The molecule has 0 radical (unpaired) electrons. The highest BCUT2D eigenvalue weighted by Gasteiger charge is 2.23. The molecular weight excluding hydrogens is 262 g/mol. The number of nitrogens with zero attached hydrogens (tertiary/aromatic N) is 3. The Kier molecular flexibility index (Phi) is 4.08. The van der Waals surface area contributed by atoms with Gasteiger partial charge in [-0.3, -0.25) is 9.58 Å². The van der Waals surface area contributed by atoms with Crippen LogP contribution in [0, 0.1) is 6.92 Å². The molecule has 1 aromatic carbocycles. The smallest absolute Gasteiger partial charge is 0.0681 e. The van der Waals surface area contributed by atoms with Crippen molar-refractivity contribution in [3.63, 3.8) is 0 Å². The van der Waals surface area contributed by atoms with E-state index < -0.39 is 0 Å². The molecule has 1 aliphatic rings. The summed E-state index contributed by atoms with van der Waals surface area (Å²) < 4.78 is 1.93. The van der Waals surface area contributed by atoms with Gasteiger partial charge in [-0.15, -0.1) is 0 Å². The molecule has 3 rings (SSSR count). The van der Waals surface area contributed by atoms with Crippen LogP contribution in [0.2, 0.25) is 0 Å². The van der Waals surface area contributed by atoms with Crippen molar-refractivity contribution in [2.24, 2.45) is 7.05 Å². The van der Waals surface area contributed by atoms with Gasteiger partial charge in [0.15, 0.2) is 0 Å². The van der Waals surface area contributed by atoms with Crippen molar-refractivity contribution >= 4 is 0 Å². The SMILES string of the molecule is Cc1cc(-c2cccc(CN3CCC[C@H]3CO)c2)n(C)n1. The number of aliphatic hydroxyl groups is 1. The fourth-order valence-corrected chi connectivity index (χ4v) is 3.25. The summed E-state index contributed by atoms with van der Waals surface area (Å²) in [6.45, 7) is 4.28. The Morgan fingerprint density at radius 3 is 2.90 bits per heavy atom. The zero-order chi connectivity index (χ0) is 14.8. The monoisotopic (exact) mass is 285 g/mol. The van der Waals surface area contributed by atoms with Crippen LogP contribution in [0.3, 0.4) is 0 Å². The van der Waals surface area contributed by atoms with Crippen molar-refractivity contribution in [3.8, 4) is 11.3 Å². The van der Waals surface area contributed by atoms with E-state index in [1.54, 1.807) is 0 Å². The van der Waals surface area contributed by atoms with Crippen molar-refractivity contribution in [2.75, 3.05) is 13.2 Å². The Labute approximate surface area is 126 Å². The first-order valence-corrected chi connectivity index (χ1v) is 7.62. The van der Waals surface area contributed by atoms with Crippen LogP contribution < -0.4 is 0 Å². The van der Waals surface area contributed by atoms with Crippen molar-refractivity contribution in [1.29, 1.82) is 0 Å². The maximum absolute atomic E-state index is 9.43. The van der Waals surface area contributed by atoms with E-state index in [2.05, 4.69) is 40.3 Å². The maximum atomic E-state index is 9.43. The van der Waals surface area contributed by atoms with Crippen LogP contribution in [0.15, 0.2) is 30.3 Å². The quantitative estimate of drug-likeness (QED) is 0.937. The zero-order valence-electron chi connectivity index (χ0n) is 12.8. The van der Waals surface area contributed by atoms with Crippen molar-refractivity contribution in [2.45, 2.75) is 32.4 Å². The number of aliphatic hydroxyl groups excluding tert-OH is 1. The van der Waals surface area contributed by atoms with Crippen LogP contribution in [0.4, 0.5) is 0 Å². The lowest BCUT2D eigenvalue weighted by Gasteiger charge is -2.22. The molecule has 1 fully saturated rings. The lowest BCUT2D eigenvalue weighted by molar-refractivity contribution is 0.153. The highest BCUT2D eigenvalue weighted by molar-refractivity contribution is 5.60. The Bertz CT molecular complexity index is 620. The molecule has 2 heterocycles. The molecule has 4 heteroatoms. The summed E-state index contributed by atoms with van der Waals surface area (Å²) in [5.74, 6) is 0. The first kappa shape index (κ1) is 14.3. The summed E-state index contributed by atoms with van der Waals surface area (Å²) in [6, 6.07) is 11.1. The van der Waals surface area contributed by atoms with Crippen LogP contribution in [-0.4, -0.2) is 39.0 Å². The molecule has 0 spiro atoms. The van der Waals surface area contributed by atoms with Crippen molar-refractivity contribution in [3.05, 3.63) is 41.6 Å². The van der Waals surface area contributed by atoms with E-state index in [4.69, 9.17) is 0 Å². The molecule has 1 saturated heterocycles. The highest BCUT2D eigenvalue weighted by Crippen LogP contribution is 2.24. The molecule has 21 heavy (non-hydrogen) atoms. The third-order valence-corrected chi connectivity index (χ3v) is 4.32. The largest absolute Gasteiger partial charge is 0.395 e. The minimum absolute atomic E-state index is 0.264. The molecule has 0 aliphatic carbocycles. The molecule has 0 amide bonds. The summed E-state index contributed by atoms with van der Waals surface area (Å²) in [5, 5.41) is 13.9. The van der Waals surface area contributed by atoms with Crippen LogP contribution in [0.5, 0.6) is 0 Å². The molecule has 1 atom stereocenters. The van der Waals surface area contributed by atoms with Gasteiger partial charge in [-0.2, -0.15) is 5.10 Å². The highest BCUT2D eigenvalue weighted by atomic mass is 16.3. The fourth-order valence-electron chi connectivity index (χ4n) is 3.25. The second kappa shape index (κ2) is 6.00. The standard InChI is InChI=1S/C17H23N3O/c1-13-9-17(19(2)18-13)15-6-3-5-14(10-15)11-20-8-4-7-16(20)12-21/h3,5-6,9-10,16,21H,4,7-8,11-12H2,1-2H3/t16-/m0/s1. The molecule has 0 saturated carbocycles. The summed E-state index contributed by atoms with van der Waals surface area (Å²) in [7, 11) is 1.98. The van der Waals surface area contributed by atoms with Gasteiger partial charge in [-0.05, 0) is 44.0 Å².